The molecule has 216 valence electrons. The van der Waals surface area contributed by atoms with Crippen molar-refractivity contribution >= 4 is 28.4 Å². The minimum atomic E-state index is -1.43. The van der Waals surface area contributed by atoms with Crippen molar-refractivity contribution in [2.45, 2.75) is 77.2 Å². The van der Waals surface area contributed by atoms with E-state index in [9.17, 15) is 19.5 Å². The van der Waals surface area contributed by atoms with Gasteiger partial charge in [-0.2, -0.15) is 0 Å². The first kappa shape index (κ1) is 27.9. The van der Waals surface area contributed by atoms with E-state index < -0.39 is 34.6 Å². The van der Waals surface area contributed by atoms with E-state index in [-0.39, 0.29) is 41.7 Å². The van der Waals surface area contributed by atoms with Gasteiger partial charge in [0.2, 0.25) is 5.91 Å². The van der Waals surface area contributed by atoms with E-state index in [1.54, 1.807) is 6.92 Å². The number of nitrogens with one attached hydrogen (secondary N) is 2. The number of benzene rings is 1. The highest BCUT2D eigenvalue weighted by Gasteiger charge is 2.79. The maximum atomic E-state index is 14.5. The predicted molar refractivity (Wildman–Crippen MR) is 157 cm³/mol. The molecule has 2 aliphatic carbocycles. The van der Waals surface area contributed by atoms with E-state index in [0.29, 0.717) is 12.0 Å². The van der Waals surface area contributed by atoms with Gasteiger partial charge < -0.3 is 20.1 Å². The lowest BCUT2D eigenvalue weighted by molar-refractivity contribution is -0.145. The number of carbonyl (C=O) groups excluding carboxylic acids is 3. The number of fused-ring (bicyclic) bond motifs is 3. The van der Waals surface area contributed by atoms with Crippen molar-refractivity contribution in [1.29, 1.82) is 0 Å². The number of para-hydroxylation sites is 1. The number of epoxide rings is 1. The fourth-order valence-corrected chi connectivity index (χ4v) is 8.41. The monoisotopic (exact) mass is 556 g/mol. The second-order valence-electron chi connectivity index (χ2n) is 12.8. The molecular weight excluding hydrogens is 516 g/mol. The maximum Gasteiger partial charge on any atom is 0.235 e. The number of carbonyl (C=O) groups is 3. The number of ether oxygens (including phenoxy) is 1. The molecule has 0 unspecified atom stereocenters. The van der Waals surface area contributed by atoms with Gasteiger partial charge >= 0.3 is 0 Å². The van der Waals surface area contributed by atoms with Gasteiger partial charge in [0.25, 0.3) is 0 Å². The first-order valence-corrected chi connectivity index (χ1v) is 14.9. The molecule has 1 saturated carbocycles. The SMILES string of the molecule is CC[C@H]1[C@H]2[C@H]([C@H](C)c3c[nH]c4ccccc34)NC(=O)[C@]23C(=O)/C=C\C(=O)[C@H](O)/C(C)=C\[C@@H](C)C/C=C\[C@H]3[C@@H]2O[C@]12C. The van der Waals surface area contributed by atoms with Crippen LogP contribution in [0.25, 0.3) is 10.9 Å². The molecule has 1 spiro atoms. The van der Waals surface area contributed by atoms with Gasteiger partial charge in [-0.1, -0.05) is 63.6 Å². The summed E-state index contributed by atoms with van der Waals surface area (Å²) >= 11 is 0. The Labute approximate surface area is 241 Å². The zero-order valence-corrected chi connectivity index (χ0v) is 24.4. The van der Waals surface area contributed by atoms with E-state index in [1.807, 2.05) is 49.5 Å². The number of allylic oxidation sites excluding steroid dienone is 3. The maximum absolute atomic E-state index is 14.5. The molecule has 0 bridgehead atoms. The number of aromatic nitrogens is 1. The third-order valence-corrected chi connectivity index (χ3v) is 10.5. The van der Waals surface area contributed by atoms with Crippen molar-refractivity contribution in [3.8, 4) is 0 Å². The molecule has 1 amide bonds. The van der Waals surface area contributed by atoms with E-state index in [4.69, 9.17) is 4.74 Å². The lowest BCUT2D eigenvalue weighted by Gasteiger charge is -2.47. The van der Waals surface area contributed by atoms with Gasteiger partial charge in [-0.05, 0) is 61.5 Å². The molecule has 6 rings (SSSR count). The van der Waals surface area contributed by atoms with Gasteiger partial charge in [0.05, 0.1) is 11.7 Å². The highest BCUT2D eigenvalue weighted by Crippen LogP contribution is 2.67. The average molecular weight is 557 g/mol. The largest absolute Gasteiger partial charge is 0.381 e. The third-order valence-electron chi connectivity index (χ3n) is 10.5. The molecule has 10 atom stereocenters. The average Bonchev–Trinajstić information content (AvgIpc) is 3.31. The Bertz CT molecular complexity index is 1500. The molecule has 3 fully saturated rings. The van der Waals surface area contributed by atoms with E-state index in [0.717, 1.165) is 29.0 Å². The molecule has 0 radical (unpaired) electrons. The Morgan fingerprint density at radius 3 is 2.68 bits per heavy atom. The van der Waals surface area contributed by atoms with Crippen LogP contribution in [0.4, 0.5) is 0 Å². The van der Waals surface area contributed by atoms with Crippen molar-refractivity contribution in [3.63, 3.8) is 0 Å². The van der Waals surface area contributed by atoms with Crippen molar-refractivity contribution in [2.75, 3.05) is 0 Å². The highest BCUT2D eigenvalue weighted by atomic mass is 16.6. The number of hydrogen-bond acceptors (Lipinski definition) is 5. The summed E-state index contributed by atoms with van der Waals surface area (Å²) in [4.78, 5) is 45.2. The lowest BCUT2D eigenvalue weighted by atomic mass is 9.50. The van der Waals surface area contributed by atoms with Gasteiger partial charge in [-0.25, -0.2) is 0 Å². The third kappa shape index (κ3) is 4.03. The zero-order valence-electron chi connectivity index (χ0n) is 24.4. The summed E-state index contributed by atoms with van der Waals surface area (Å²) in [5.74, 6) is -2.17. The molecule has 3 N–H and O–H groups in total. The summed E-state index contributed by atoms with van der Waals surface area (Å²) < 4.78 is 6.45. The van der Waals surface area contributed by atoms with Gasteiger partial charge in [0.15, 0.2) is 11.6 Å². The smallest absolute Gasteiger partial charge is 0.235 e. The summed E-state index contributed by atoms with van der Waals surface area (Å²) in [5, 5.41) is 15.1. The van der Waals surface area contributed by atoms with Crippen LogP contribution in [0.1, 0.15) is 58.9 Å². The van der Waals surface area contributed by atoms with E-state index in [1.165, 1.54) is 6.08 Å². The van der Waals surface area contributed by atoms with Gasteiger partial charge in [0, 0.05) is 40.9 Å². The van der Waals surface area contributed by atoms with Crippen LogP contribution in [0.15, 0.2) is 66.4 Å². The number of hydrogen-bond donors (Lipinski definition) is 3. The van der Waals surface area contributed by atoms with Crippen LogP contribution in [-0.4, -0.2) is 51.4 Å². The fourth-order valence-electron chi connectivity index (χ4n) is 8.41. The molecule has 4 aliphatic rings. The number of H-pyrrole nitrogens is 1. The van der Waals surface area contributed by atoms with Crippen molar-refractivity contribution < 1.29 is 24.2 Å². The van der Waals surface area contributed by atoms with E-state index >= 15 is 0 Å². The van der Waals surface area contributed by atoms with Crippen LogP contribution in [0.3, 0.4) is 0 Å². The summed E-state index contributed by atoms with van der Waals surface area (Å²) in [6, 6.07) is 7.79. The first-order chi connectivity index (χ1) is 19.5. The number of aliphatic hydroxyl groups is 1. The van der Waals surface area contributed by atoms with Crippen LogP contribution in [0, 0.1) is 29.1 Å². The van der Waals surface area contributed by atoms with Crippen LogP contribution >= 0.6 is 0 Å². The molecule has 3 heterocycles. The number of amides is 1. The minimum absolute atomic E-state index is 0.0501. The van der Waals surface area contributed by atoms with Gasteiger partial charge in [-0.15, -0.1) is 0 Å². The Kier molecular flexibility index (Phi) is 6.74. The van der Waals surface area contributed by atoms with Crippen LogP contribution in [0.2, 0.25) is 0 Å². The standard InChI is InChI=1S/C34H40N2O5/c1-6-23-28-29(20(4)22-17-35-25-13-8-7-11-21(22)25)36-32(40)34(28)24(31-33(23,5)41-31)12-9-10-18(2)16-19(3)30(39)26(37)14-15-27(34)38/h7-9,11-18,20,23-24,28-31,35,39H,6,10H2,1-5H3,(H,36,40)/b12-9-,15-14-,19-16-/t18-,20+,23-,24-,28-,29-,30+,31-,33+,34+/m0/s1. The molecular formula is C34H40N2O5. The first-order valence-electron chi connectivity index (χ1n) is 14.9. The number of aromatic amines is 1. The zero-order chi connectivity index (χ0) is 29.3. The summed E-state index contributed by atoms with van der Waals surface area (Å²) in [7, 11) is 0. The molecule has 1 aromatic heterocycles. The van der Waals surface area contributed by atoms with E-state index in [2.05, 4.69) is 37.1 Å². The number of rotatable bonds is 3. The fraction of sp³-hybridized carbons (Fsp3) is 0.500. The van der Waals surface area contributed by atoms with Crippen molar-refractivity contribution in [2.24, 2.45) is 29.1 Å². The Morgan fingerprint density at radius 1 is 1.17 bits per heavy atom. The molecule has 1 aromatic carbocycles. The number of aliphatic hydroxyl groups excluding tert-OH is 1. The highest BCUT2D eigenvalue weighted by molar-refractivity contribution is 6.15. The number of ketones is 2. The Balaban J connectivity index is 1.51. The Morgan fingerprint density at radius 2 is 1.93 bits per heavy atom. The quantitative estimate of drug-likeness (QED) is 0.286. The molecule has 2 aliphatic heterocycles. The second kappa shape index (κ2) is 9.92. The molecule has 7 nitrogen and oxygen atoms in total. The molecule has 7 heteroatoms. The normalized spacial score (nSPS) is 42.3. The molecule has 41 heavy (non-hydrogen) atoms. The molecule has 2 aromatic rings. The van der Waals surface area contributed by atoms with Crippen LogP contribution in [-0.2, 0) is 19.1 Å². The van der Waals surface area contributed by atoms with Gasteiger partial charge in [0.1, 0.15) is 11.5 Å². The van der Waals surface area contributed by atoms with Crippen LogP contribution in [0.5, 0.6) is 0 Å². The van der Waals surface area contributed by atoms with Crippen molar-refractivity contribution in [1.82, 2.24) is 10.3 Å². The second-order valence-corrected chi connectivity index (χ2v) is 12.8. The summed E-state index contributed by atoms with van der Waals surface area (Å²) in [6.07, 6.45) is 10.2. The summed E-state index contributed by atoms with van der Waals surface area (Å²) in [5.41, 5.74) is 0.795. The molecule has 2 saturated heterocycles. The van der Waals surface area contributed by atoms with Crippen LogP contribution < -0.4 is 5.32 Å². The Hall–Kier alpha value is -3.29. The predicted octanol–water partition coefficient (Wildman–Crippen LogP) is 4.78. The lowest BCUT2D eigenvalue weighted by Crippen LogP contribution is -2.58. The van der Waals surface area contributed by atoms with Crippen molar-refractivity contribution in [3.05, 3.63) is 72.0 Å². The minimum Gasteiger partial charge on any atom is -0.381 e. The topological polar surface area (TPSA) is 112 Å². The summed E-state index contributed by atoms with van der Waals surface area (Å²) in [6.45, 7) is 10.1. The van der Waals surface area contributed by atoms with Gasteiger partial charge in [-0.3, -0.25) is 14.4 Å².